The van der Waals surface area contributed by atoms with Crippen molar-refractivity contribution in [2.75, 3.05) is 39.6 Å². The predicted octanol–water partition coefficient (Wildman–Crippen LogP) is 23.8. The molecular weight excluding hydrogens is 1280 g/mol. The second kappa shape index (κ2) is 73.4. The number of hydrogen-bond acceptors (Lipinski definition) is 15. The Labute approximate surface area is 600 Å². The van der Waals surface area contributed by atoms with E-state index in [1.165, 1.54) is 257 Å². The van der Waals surface area contributed by atoms with E-state index in [-0.39, 0.29) is 25.7 Å². The van der Waals surface area contributed by atoms with Crippen LogP contribution in [0.1, 0.15) is 426 Å². The molecule has 0 aliphatic rings. The normalized spacial score (nSPS) is 13.8. The smallest absolute Gasteiger partial charge is 0.462 e. The molecule has 582 valence electrons. The molecule has 0 aliphatic carbocycles. The van der Waals surface area contributed by atoms with E-state index in [0.29, 0.717) is 25.7 Å². The van der Waals surface area contributed by atoms with Crippen LogP contribution in [0, 0.1) is 0 Å². The molecule has 5 atom stereocenters. The lowest BCUT2D eigenvalue weighted by atomic mass is 10.0. The van der Waals surface area contributed by atoms with Crippen LogP contribution in [0.3, 0.4) is 0 Å². The maximum Gasteiger partial charge on any atom is 0.472 e. The van der Waals surface area contributed by atoms with Crippen LogP contribution in [0.5, 0.6) is 0 Å². The number of ether oxygens (including phenoxy) is 4. The topological polar surface area (TPSA) is 237 Å². The zero-order chi connectivity index (χ0) is 71.8. The molecule has 0 bridgehead atoms. The van der Waals surface area contributed by atoms with Crippen molar-refractivity contribution in [1.29, 1.82) is 0 Å². The predicted molar refractivity (Wildman–Crippen MR) is 400 cm³/mol. The molecule has 0 saturated heterocycles. The molecule has 0 rings (SSSR count). The monoisotopic (exact) mass is 1440 g/mol. The summed E-state index contributed by atoms with van der Waals surface area (Å²) in [5.74, 6) is -2.10. The lowest BCUT2D eigenvalue weighted by Crippen LogP contribution is -2.30. The summed E-state index contributed by atoms with van der Waals surface area (Å²) < 4.78 is 68.7. The minimum absolute atomic E-state index is 0.109. The van der Waals surface area contributed by atoms with Crippen LogP contribution < -0.4 is 0 Å². The quantitative estimate of drug-likeness (QED) is 0.0222. The first-order valence-electron chi connectivity index (χ1n) is 41.3. The van der Waals surface area contributed by atoms with Gasteiger partial charge in [-0.15, -0.1) is 0 Å². The minimum atomic E-state index is -4.96. The first-order chi connectivity index (χ1) is 47.7. The van der Waals surface area contributed by atoms with Gasteiger partial charge in [0.1, 0.15) is 19.3 Å². The van der Waals surface area contributed by atoms with Crippen LogP contribution in [0.15, 0.2) is 0 Å². The van der Waals surface area contributed by atoms with E-state index in [0.717, 1.165) is 89.9 Å². The number of esters is 4. The van der Waals surface area contributed by atoms with Gasteiger partial charge in [-0.05, 0) is 25.7 Å². The number of aliphatic hydroxyl groups is 1. The summed E-state index contributed by atoms with van der Waals surface area (Å²) in [6, 6.07) is 0. The summed E-state index contributed by atoms with van der Waals surface area (Å²) in [7, 11) is -9.91. The third kappa shape index (κ3) is 72.4. The molecular formula is C79H154O17P2. The van der Waals surface area contributed by atoms with Gasteiger partial charge >= 0.3 is 39.5 Å². The number of unbranched alkanes of at least 4 members (excludes halogenated alkanes) is 54. The van der Waals surface area contributed by atoms with Crippen molar-refractivity contribution in [3.05, 3.63) is 0 Å². The maximum atomic E-state index is 13.1. The molecule has 0 heterocycles. The highest BCUT2D eigenvalue weighted by molar-refractivity contribution is 7.47. The second-order valence-electron chi connectivity index (χ2n) is 28.5. The molecule has 19 heteroatoms. The van der Waals surface area contributed by atoms with Crippen molar-refractivity contribution in [3.8, 4) is 0 Å². The van der Waals surface area contributed by atoms with Gasteiger partial charge < -0.3 is 33.8 Å². The highest BCUT2D eigenvalue weighted by Crippen LogP contribution is 2.45. The Hall–Kier alpha value is -1.94. The number of hydrogen-bond donors (Lipinski definition) is 3. The summed E-state index contributed by atoms with van der Waals surface area (Å²) in [5, 5.41) is 10.6. The Morgan fingerprint density at radius 3 is 0.602 bits per heavy atom. The zero-order valence-corrected chi connectivity index (χ0v) is 65.6. The van der Waals surface area contributed by atoms with Gasteiger partial charge in [-0.3, -0.25) is 37.3 Å². The zero-order valence-electron chi connectivity index (χ0n) is 63.8. The van der Waals surface area contributed by atoms with Gasteiger partial charge in [0.2, 0.25) is 0 Å². The fraction of sp³-hybridized carbons (Fsp3) is 0.949. The van der Waals surface area contributed by atoms with Crippen molar-refractivity contribution < 1.29 is 80.2 Å². The first-order valence-corrected chi connectivity index (χ1v) is 44.3. The summed E-state index contributed by atoms with van der Waals surface area (Å²) in [6.45, 7) is 5.02. The van der Waals surface area contributed by atoms with Gasteiger partial charge in [-0.25, -0.2) is 9.13 Å². The lowest BCUT2D eigenvalue weighted by molar-refractivity contribution is -0.161. The van der Waals surface area contributed by atoms with Gasteiger partial charge in [0.05, 0.1) is 26.4 Å². The highest BCUT2D eigenvalue weighted by atomic mass is 31.2. The number of phosphoric acid groups is 2. The number of carbonyl (C=O) groups excluding carboxylic acids is 4. The van der Waals surface area contributed by atoms with Gasteiger partial charge in [-0.1, -0.05) is 374 Å². The molecule has 0 radical (unpaired) electrons. The molecule has 0 amide bonds. The van der Waals surface area contributed by atoms with E-state index < -0.39 is 97.5 Å². The molecule has 0 aromatic heterocycles. The van der Waals surface area contributed by atoms with E-state index in [9.17, 15) is 43.2 Å². The molecule has 0 saturated carbocycles. The number of carbonyl (C=O) groups is 4. The average molecular weight is 1440 g/mol. The van der Waals surface area contributed by atoms with Crippen molar-refractivity contribution in [3.63, 3.8) is 0 Å². The fourth-order valence-electron chi connectivity index (χ4n) is 12.3. The molecule has 0 aliphatic heterocycles. The Kier molecular flexibility index (Phi) is 71.9. The van der Waals surface area contributed by atoms with Crippen LogP contribution in [0.4, 0.5) is 0 Å². The van der Waals surface area contributed by atoms with Crippen molar-refractivity contribution in [2.24, 2.45) is 0 Å². The van der Waals surface area contributed by atoms with Crippen LogP contribution >= 0.6 is 15.6 Å². The van der Waals surface area contributed by atoms with Crippen LogP contribution in [0.25, 0.3) is 0 Å². The number of aliphatic hydroxyl groups excluding tert-OH is 1. The van der Waals surface area contributed by atoms with Crippen molar-refractivity contribution in [1.82, 2.24) is 0 Å². The van der Waals surface area contributed by atoms with Crippen molar-refractivity contribution >= 4 is 39.5 Å². The molecule has 17 nitrogen and oxygen atoms in total. The molecule has 0 aromatic rings. The van der Waals surface area contributed by atoms with E-state index in [4.69, 9.17) is 37.0 Å². The maximum absolute atomic E-state index is 13.1. The average Bonchev–Trinajstić information content (AvgIpc) is 0.980. The van der Waals surface area contributed by atoms with Crippen LogP contribution in [0.2, 0.25) is 0 Å². The van der Waals surface area contributed by atoms with E-state index in [2.05, 4.69) is 27.7 Å². The third-order valence-corrected chi connectivity index (χ3v) is 20.5. The van der Waals surface area contributed by atoms with Gasteiger partial charge in [0, 0.05) is 25.7 Å². The minimum Gasteiger partial charge on any atom is -0.462 e. The second-order valence-corrected chi connectivity index (χ2v) is 31.4. The highest BCUT2D eigenvalue weighted by Gasteiger charge is 2.30. The largest absolute Gasteiger partial charge is 0.472 e. The number of rotatable bonds is 80. The van der Waals surface area contributed by atoms with Crippen molar-refractivity contribution in [2.45, 2.75) is 444 Å². The Bertz CT molecular complexity index is 1860. The summed E-state index contributed by atoms with van der Waals surface area (Å²) in [4.78, 5) is 73.0. The lowest BCUT2D eigenvalue weighted by Gasteiger charge is -2.21. The molecule has 0 aromatic carbocycles. The fourth-order valence-corrected chi connectivity index (χ4v) is 13.9. The first kappa shape index (κ1) is 96.1. The summed E-state index contributed by atoms with van der Waals surface area (Å²) in [5.41, 5.74) is 0. The summed E-state index contributed by atoms with van der Waals surface area (Å²) >= 11 is 0. The standard InChI is InChI=1S/C79H154O17P2/c1-5-9-13-17-21-25-29-32-35-37-39-42-46-50-54-58-62-66-79(84)96-75(70-90-77(82)64-60-56-52-48-44-41-38-36-33-30-26-22-18-14-10-6-2)72-94-98(87,88)92-68-73(80)67-91-97(85,86)93-71-74(69-89-76(81)63-59-55-51-47-43-28-24-20-16-12-8-4)95-78(83)65-61-57-53-49-45-40-34-31-27-23-19-15-11-7-3/h73-75,80H,5-72H2,1-4H3,(H,85,86)(H,87,88)/t73-,74+,75+/m0/s1. The van der Waals surface area contributed by atoms with Crippen LogP contribution in [-0.4, -0.2) is 96.7 Å². The number of phosphoric ester groups is 2. The molecule has 2 unspecified atom stereocenters. The SMILES string of the molecule is CCCCCCCCCCCCCCCCCCCC(=O)O[C@H](COC(=O)CCCCCCCCCCCCCCCCCC)COP(=O)(O)OC[C@@H](O)COP(=O)(O)OC[C@@H](COC(=O)CCCCCCCCCCCCC)OC(=O)CCCCCCCCCCCCCCCC. The van der Waals surface area contributed by atoms with E-state index >= 15 is 0 Å². The summed E-state index contributed by atoms with van der Waals surface area (Å²) in [6.07, 6.45) is 65.0. The molecule has 3 N–H and O–H groups in total. The van der Waals surface area contributed by atoms with E-state index in [1.54, 1.807) is 0 Å². The van der Waals surface area contributed by atoms with E-state index in [1.807, 2.05) is 0 Å². The molecule has 0 fully saturated rings. The third-order valence-electron chi connectivity index (χ3n) is 18.6. The Balaban J connectivity index is 5.25. The van der Waals surface area contributed by atoms with Gasteiger partial charge in [0.15, 0.2) is 12.2 Å². The Morgan fingerprint density at radius 2 is 0.408 bits per heavy atom. The van der Waals surface area contributed by atoms with Gasteiger partial charge in [0.25, 0.3) is 0 Å². The Morgan fingerprint density at radius 1 is 0.245 bits per heavy atom. The van der Waals surface area contributed by atoms with Gasteiger partial charge in [-0.2, -0.15) is 0 Å². The molecule has 0 spiro atoms. The molecule has 98 heavy (non-hydrogen) atoms. The van der Waals surface area contributed by atoms with Crippen LogP contribution in [-0.2, 0) is 65.4 Å².